The van der Waals surface area contributed by atoms with Crippen LogP contribution in [0.2, 0.25) is 0 Å². The lowest BCUT2D eigenvalue weighted by molar-refractivity contribution is -0.176. The lowest BCUT2D eigenvalue weighted by Gasteiger charge is -2.37. The van der Waals surface area contributed by atoms with Gasteiger partial charge in [-0.3, -0.25) is 9.63 Å². The number of hydrogen-bond donors (Lipinski definition) is 2. The molecule has 166 valence electrons. The highest BCUT2D eigenvalue weighted by Crippen LogP contribution is 2.30. The molecule has 1 aromatic carbocycles. The zero-order chi connectivity index (χ0) is 21.7. The second-order valence-corrected chi connectivity index (χ2v) is 11.0. The molecule has 0 spiro atoms. The van der Waals surface area contributed by atoms with Gasteiger partial charge in [0.1, 0.15) is 11.3 Å². The third-order valence-electron chi connectivity index (χ3n) is 4.76. The Hall–Kier alpha value is -0.550. The van der Waals surface area contributed by atoms with E-state index in [0.29, 0.717) is 25.9 Å². The molecule has 3 rings (SSSR count). The van der Waals surface area contributed by atoms with Gasteiger partial charge in [-0.25, -0.2) is 4.79 Å². The number of ether oxygens (including phenoxy) is 1. The molecule has 2 aliphatic heterocycles. The summed E-state index contributed by atoms with van der Waals surface area (Å²) in [5.74, 6) is 0.887. The number of rotatable bonds is 5. The molecular weight excluding hydrogens is 493 g/mol. The smallest absolute Gasteiger partial charge is 0.396 e. The van der Waals surface area contributed by atoms with Gasteiger partial charge in [0, 0.05) is 18.8 Å². The number of hydrogen-bond acceptors (Lipinski definition) is 7. The van der Waals surface area contributed by atoms with Crippen LogP contribution in [0.25, 0.3) is 0 Å². The van der Waals surface area contributed by atoms with Crippen LogP contribution in [-0.4, -0.2) is 61.6 Å². The van der Waals surface area contributed by atoms with E-state index in [1.165, 1.54) is 0 Å². The van der Waals surface area contributed by atoms with Crippen molar-refractivity contribution >= 4 is 71.2 Å². The molecule has 2 heterocycles. The van der Waals surface area contributed by atoms with Crippen LogP contribution in [0.5, 0.6) is 0 Å². The van der Waals surface area contributed by atoms with Crippen LogP contribution in [0.3, 0.4) is 0 Å². The molecule has 3 atom stereocenters. The Bertz CT molecular complexity index is 733. The molecule has 12 heteroatoms. The number of hydroxylamine groups is 2. The van der Waals surface area contributed by atoms with Crippen LogP contribution in [0, 0.1) is 0 Å². The number of amides is 2. The summed E-state index contributed by atoms with van der Waals surface area (Å²) in [7, 11) is 0. The molecule has 1 aromatic rings. The van der Waals surface area contributed by atoms with Gasteiger partial charge >= 0.3 is 10.1 Å². The predicted molar refractivity (Wildman–Crippen MR) is 122 cm³/mol. The van der Waals surface area contributed by atoms with Crippen molar-refractivity contribution in [1.82, 2.24) is 15.3 Å². The normalized spacial score (nSPS) is 24.5. The molecule has 0 aliphatic carbocycles. The second-order valence-electron chi connectivity index (χ2n) is 6.82. The van der Waals surface area contributed by atoms with Crippen LogP contribution < -0.4 is 5.32 Å². The number of benzene rings is 1. The van der Waals surface area contributed by atoms with E-state index < -0.39 is 16.1 Å². The molecule has 0 aromatic heterocycles. The summed E-state index contributed by atoms with van der Waals surface area (Å²) in [6.07, 6.45) is 0.136. The van der Waals surface area contributed by atoms with Gasteiger partial charge < -0.3 is 15.0 Å². The van der Waals surface area contributed by atoms with Gasteiger partial charge in [-0.1, -0.05) is 30.3 Å². The number of nitrogens with zero attached hydrogens (tertiary/aromatic N) is 2. The first-order valence-electron chi connectivity index (χ1n) is 9.34. The Labute approximate surface area is 200 Å². The van der Waals surface area contributed by atoms with Crippen LogP contribution in [0.15, 0.2) is 30.3 Å². The highest BCUT2D eigenvalue weighted by atomic mass is 35.6. The van der Waals surface area contributed by atoms with E-state index in [9.17, 15) is 9.59 Å². The lowest BCUT2D eigenvalue weighted by Crippen LogP contribution is -2.56. The van der Waals surface area contributed by atoms with Crippen LogP contribution >= 0.6 is 59.2 Å². The predicted octanol–water partition coefficient (Wildman–Crippen LogP) is 3.79. The van der Waals surface area contributed by atoms with E-state index in [-0.39, 0.29) is 23.3 Å². The van der Waals surface area contributed by atoms with Crippen LogP contribution in [0.1, 0.15) is 18.4 Å². The van der Waals surface area contributed by atoms with E-state index in [2.05, 4.69) is 17.9 Å². The van der Waals surface area contributed by atoms with Crippen molar-refractivity contribution < 1.29 is 19.2 Å². The maximum atomic E-state index is 12.7. The number of halogens is 3. The molecule has 1 unspecified atom stereocenters. The highest BCUT2D eigenvalue weighted by Gasteiger charge is 2.38. The third-order valence-corrected chi connectivity index (χ3v) is 6.69. The maximum Gasteiger partial charge on any atom is 0.437 e. The average molecular weight is 515 g/mol. The van der Waals surface area contributed by atoms with Gasteiger partial charge in [0.05, 0.1) is 12.1 Å². The monoisotopic (exact) mass is 513 g/mol. The third kappa shape index (κ3) is 6.72. The first-order valence-corrected chi connectivity index (χ1v) is 12.0. The molecule has 30 heavy (non-hydrogen) atoms. The Morgan fingerprint density at radius 2 is 2.00 bits per heavy atom. The Morgan fingerprint density at radius 1 is 1.27 bits per heavy atom. The molecule has 0 saturated carbocycles. The first-order chi connectivity index (χ1) is 14.2. The topological polar surface area (TPSA) is 71.1 Å². The summed E-state index contributed by atoms with van der Waals surface area (Å²) in [6.45, 7) is 1.15. The van der Waals surface area contributed by atoms with E-state index in [1.807, 2.05) is 30.3 Å². The second kappa shape index (κ2) is 10.8. The average Bonchev–Trinajstić information content (AvgIpc) is 3.13. The molecule has 1 N–H and O–H groups in total. The minimum atomic E-state index is -2.21. The van der Waals surface area contributed by atoms with Crippen molar-refractivity contribution in [1.29, 1.82) is 0 Å². The van der Waals surface area contributed by atoms with Crippen LogP contribution in [-0.2, 0) is 21.0 Å². The molecule has 0 radical (unpaired) electrons. The van der Waals surface area contributed by atoms with Crippen molar-refractivity contribution in [3.05, 3.63) is 35.9 Å². The van der Waals surface area contributed by atoms with Crippen molar-refractivity contribution in [2.45, 2.75) is 40.2 Å². The molecule has 7 nitrogen and oxygen atoms in total. The van der Waals surface area contributed by atoms with Crippen molar-refractivity contribution in [3.63, 3.8) is 0 Å². The van der Waals surface area contributed by atoms with Gasteiger partial charge in [-0.15, -0.1) is 24.4 Å². The number of carbonyl (C=O) groups is 2. The van der Waals surface area contributed by atoms with Crippen molar-refractivity contribution in [3.8, 4) is 0 Å². The summed E-state index contributed by atoms with van der Waals surface area (Å²) >= 11 is 22.9. The molecular formula is C18H22Cl3N3O4S2. The number of thioether (sulfide) groups is 1. The SMILES string of the molecule is O=C([C@@H]1CC[C@@H](N(OCc2ccccc2)C(=O)OC(Cl)(Cl)Cl)CN1)N1CCSC1S. The number of alkyl halides is 3. The van der Waals surface area contributed by atoms with Crippen molar-refractivity contribution in [2.75, 3.05) is 18.8 Å². The summed E-state index contributed by atoms with van der Waals surface area (Å²) in [5.41, 5.74) is 0.868. The zero-order valence-electron chi connectivity index (χ0n) is 15.9. The van der Waals surface area contributed by atoms with E-state index >= 15 is 0 Å². The van der Waals surface area contributed by atoms with E-state index in [1.54, 1.807) is 16.7 Å². The summed E-state index contributed by atoms with van der Waals surface area (Å²) in [5, 5.41) is 4.28. The van der Waals surface area contributed by atoms with Crippen molar-refractivity contribution in [2.24, 2.45) is 0 Å². The van der Waals surface area contributed by atoms with Crippen LogP contribution in [0.4, 0.5) is 4.79 Å². The fraction of sp³-hybridized carbons (Fsp3) is 0.556. The zero-order valence-corrected chi connectivity index (χ0v) is 19.9. The number of piperidine rings is 1. The van der Waals surface area contributed by atoms with Gasteiger partial charge in [-0.2, -0.15) is 5.06 Å². The molecule has 2 aliphatic rings. The maximum absolute atomic E-state index is 12.7. The first kappa shape index (κ1) is 24.1. The Balaban J connectivity index is 1.61. The molecule has 2 fully saturated rings. The fourth-order valence-corrected chi connectivity index (χ4v) is 4.94. The van der Waals surface area contributed by atoms with Gasteiger partial charge in [0.2, 0.25) is 5.91 Å². The minimum Gasteiger partial charge on any atom is -0.396 e. The minimum absolute atomic E-state index is 0.0130. The van der Waals surface area contributed by atoms with Gasteiger partial charge in [0.15, 0.2) is 0 Å². The van der Waals surface area contributed by atoms with E-state index in [0.717, 1.165) is 16.4 Å². The fourth-order valence-electron chi connectivity index (χ4n) is 3.30. The molecule has 0 bridgehead atoms. The summed E-state index contributed by atoms with van der Waals surface area (Å²) in [4.78, 5) is 32.8. The largest absolute Gasteiger partial charge is 0.437 e. The molecule has 2 saturated heterocycles. The lowest BCUT2D eigenvalue weighted by atomic mass is 9.99. The van der Waals surface area contributed by atoms with E-state index in [4.69, 9.17) is 44.4 Å². The summed E-state index contributed by atoms with van der Waals surface area (Å²) in [6, 6.07) is 8.63. The highest BCUT2D eigenvalue weighted by molar-refractivity contribution is 8.10. The number of thiol groups is 1. The quantitative estimate of drug-likeness (QED) is 0.354. The summed E-state index contributed by atoms with van der Waals surface area (Å²) < 4.78 is 2.52. The number of nitrogens with one attached hydrogen (secondary N) is 1. The number of carbonyl (C=O) groups excluding carboxylic acids is 2. The Morgan fingerprint density at radius 3 is 2.57 bits per heavy atom. The Kier molecular flexibility index (Phi) is 8.72. The van der Waals surface area contributed by atoms with Gasteiger partial charge in [0.25, 0.3) is 0 Å². The molecule has 2 amide bonds. The standard InChI is InChI=1S/C18H22Cl3N3O4S2/c19-18(20,21)28-16(26)24(27-11-12-4-2-1-3-5-12)13-6-7-14(22-10-13)15(25)23-8-9-30-17(23)29/h1-5,13-14,17,22,29H,6-11H2/t13-,14+,17?/m1/s1. The van der Waals surface area contributed by atoms with Gasteiger partial charge in [-0.05, 0) is 53.2 Å².